The summed E-state index contributed by atoms with van der Waals surface area (Å²) >= 11 is 0. The molecular formula is C14H16O3S. The van der Waals surface area contributed by atoms with E-state index in [1.54, 1.807) is 0 Å². The van der Waals surface area contributed by atoms with E-state index in [4.69, 9.17) is 4.74 Å². The molecule has 1 aromatic carbocycles. The largest absolute Gasteiger partial charge is 0.498 e. The van der Waals surface area contributed by atoms with Gasteiger partial charge in [0, 0.05) is 17.4 Å². The maximum Gasteiger partial charge on any atom is 0.175 e. The van der Waals surface area contributed by atoms with Crippen LogP contribution in [0.15, 0.2) is 41.0 Å². The van der Waals surface area contributed by atoms with Crippen LogP contribution in [0, 0.1) is 6.92 Å². The zero-order valence-electron chi connectivity index (χ0n) is 10.5. The van der Waals surface area contributed by atoms with Gasteiger partial charge in [0.25, 0.3) is 0 Å². The minimum absolute atomic E-state index is 0.0997. The molecule has 0 spiro atoms. The molecule has 0 bridgehead atoms. The molecule has 0 aromatic heterocycles. The van der Waals surface area contributed by atoms with Gasteiger partial charge in [-0.05, 0) is 26.0 Å². The highest BCUT2D eigenvalue weighted by Gasteiger charge is 2.32. The molecule has 4 heteroatoms. The number of carbonyl (C=O) groups is 1. The minimum atomic E-state index is -1.30. The molecule has 0 N–H and O–H groups in total. The van der Waals surface area contributed by atoms with Crippen molar-refractivity contribution in [1.82, 2.24) is 0 Å². The van der Waals surface area contributed by atoms with Gasteiger partial charge in [0.15, 0.2) is 5.78 Å². The number of hydrogen-bond acceptors (Lipinski definition) is 3. The Bertz CT molecular complexity index is 502. The van der Waals surface area contributed by atoms with Gasteiger partial charge >= 0.3 is 0 Å². The van der Waals surface area contributed by atoms with E-state index in [1.165, 1.54) is 6.08 Å². The third kappa shape index (κ3) is 2.70. The van der Waals surface area contributed by atoms with Crippen molar-refractivity contribution >= 4 is 16.6 Å². The number of allylic oxidation sites excluding steroid dienone is 2. The van der Waals surface area contributed by atoms with Gasteiger partial charge in [-0.15, -0.1) is 0 Å². The summed E-state index contributed by atoms with van der Waals surface area (Å²) in [5.41, 5.74) is 1.11. The van der Waals surface area contributed by atoms with Crippen molar-refractivity contribution < 1.29 is 13.7 Å². The van der Waals surface area contributed by atoms with Crippen LogP contribution in [0.4, 0.5) is 0 Å². The first-order valence-electron chi connectivity index (χ1n) is 5.96. The Hall–Kier alpha value is -1.42. The van der Waals surface area contributed by atoms with Crippen LogP contribution in [0.3, 0.4) is 0 Å². The molecule has 2 atom stereocenters. The lowest BCUT2D eigenvalue weighted by molar-refractivity contribution is -0.113. The zero-order chi connectivity index (χ0) is 13.1. The molecule has 0 saturated carbocycles. The number of carbonyl (C=O) groups excluding carboxylic acids is 1. The fourth-order valence-electron chi connectivity index (χ4n) is 1.90. The number of rotatable bonds is 4. The van der Waals surface area contributed by atoms with E-state index in [-0.39, 0.29) is 5.78 Å². The fourth-order valence-corrected chi connectivity index (χ4v) is 3.23. The standard InChI is InChI=1S/C14H16O3S/c1-3-17-11-8-13(15)14(9-11)18(16)12-6-4-10(2)5-7-12/h4-8,14H,3,9H2,1-2H3/t14-,18+/m0/s1. The summed E-state index contributed by atoms with van der Waals surface area (Å²) in [6.45, 7) is 4.38. The molecule has 0 saturated heterocycles. The summed E-state index contributed by atoms with van der Waals surface area (Å²) in [6.07, 6.45) is 1.91. The molecule has 1 aromatic rings. The van der Waals surface area contributed by atoms with Crippen molar-refractivity contribution in [1.29, 1.82) is 0 Å². The van der Waals surface area contributed by atoms with Gasteiger partial charge in [-0.1, -0.05) is 17.7 Å². The molecule has 1 aliphatic rings. The van der Waals surface area contributed by atoms with E-state index in [1.807, 2.05) is 38.1 Å². The predicted octanol–water partition coefficient (Wildman–Crippen LogP) is 2.36. The van der Waals surface area contributed by atoms with E-state index in [0.29, 0.717) is 23.7 Å². The van der Waals surface area contributed by atoms with E-state index >= 15 is 0 Å². The number of hydrogen-bond donors (Lipinski definition) is 0. The number of ether oxygens (including phenoxy) is 1. The lowest BCUT2D eigenvalue weighted by Gasteiger charge is -2.09. The summed E-state index contributed by atoms with van der Waals surface area (Å²) in [7, 11) is -1.30. The Labute approximate surface area is 109 Å². The van der Waals surface area contributed by atoms with Gasteiger partial charge in [-0.3, -0.25) is 9.00 Å². The van der Waals surface area contributed by atoms with Crippen LogP contribution in [0.1, 0.15) is 18.9 Å². The molecule has 0 fully saturated rings. The third-order valence-electron chi connectivity index (χ3n) is 2.85. The summed E-state index contributed by atoms with van der Waals surface area (Å²) in [4.78, 5) is 12.5. The van der Waals surface area contributed by atoms with Crippen LogP contribution in [-0.4, -0.2) is 21.8 Å². The number of aryl methyl sites for hydroxylation is 1. The topological polar surface area (TPSA) is 43.4 Å². The van der Waals surface area contributed by atoms with Gasteiger partial charge in [0.1, 0.15) is 11.0 Å². The molecule has 3 nitrogen and oxygen atoms in total. The van der Waals surface area contributed by atoms with E-state index in [9.17, 15) is 9.00 Å². The first kappa shape index (κ1) is 13.0. The Morgan fingerprint density at radius 3 is 2.61 bits per heavy atom. The van der Waals surface area contributed by atoms with E-state index in [2.05, 4.69) is 0 Å². The lowest BCUT2D eigenvalue weighted by atomic mass is 10.2. The van der Waals surface area contributed by atoms with Gasteiger partial charge < -0.3 is 4.74 Å². The van der Waals surface area contributed by atoms with Crippen molar-refractivity contribution in [2.24, 2.45) is 0 Å². The van der Waals surface area contributed by atoms with Crippen LogP contribution in [-0.2, 0) is 20.3 Å². The van der Waals surface area contributed by atoms with Crippen LogP contribution in [0.2, 0.25) is 0 Å². The highest BCUT2D eigenvalue weighted by Crippen LogP contribution is 2.25. The highest BCUT2D eigenvalue weighted by atomic mass is 32.2. The molecule has 2 rings (SSSR count). The van der Waals surface area contributed by atoms with Crippen LogP contribution in [0.25, 0.3) is 0 Å². The average molecular weight is 264 g/mol. The Balaban J connectivity index is 2.12. The van der Waals surface area contributed by atoms with Crippen molar-refractivity contribution in [2.45, 2.75) is 30.4 Å². The normalized spacial score (nSPS) is 20.7. The predicted molar refractivity (Wildman–Crippen MR) is 70.7 cm³/mol. The highest BCUT2D eigenvalue weighted by molar-refractivity contribution is 7.86. The first-order chi connectivity index (χ1) is 8.61. The Kier molecular flexibility index (Phi) is 3.97. The van der Waals surface area contributed by atoms with Gasteiger partial charge in [-0.2, -0.15) is 0 Å². The fraction of sp³-hybridized carbons (Fsp3) is 0.357. The third-order valence-corrected chi connectivity index (χ3v) is 4.50. The molecule has 18 heavy (non-hydrogen) atoms. The monoisotopic (exact) mass is 264 g/mol. The first-order valence-corrected chi connectivity index (χ1v) is 7.17. The summed E-state index contributed by atoms with van der Waals surface area (Å²) in [5, 5.41) is -0.491. The molecule has 0 radical (unpaired) electrons. The Morgan fingerprint density at radius 2 is 2.00 bits per heavy atom. The van der Waals surface area contributed by atoms with Gasteiger partial charge in [0.2, 0.25) is 0 Å². The van der Waals surface area contributed by atoms with E-state index in [0.717, 1.165) is 5.56 Å². The molecule has 0 unspecified atom stereocenters. The van der Waals surface area contributed by atoms with Crippen LogP contribution < -0.4 is 0 Å². The second kappa shape index (κ2) is 5.48. The average Bonchev–Trinajstić information content (AvgIpc) is 2.71. The van der Waals surface area contributed by atoms with Crippen LogP contribution >= 0.6 is 0 Å². The molecule has 0 heterocycles. The van der Waals surface area contributed by atoms with Crippen LogP contribution in [0.5, 0.6) is 0 Å². The molecular weight excluding hydrogens is 248 g/mol. The van der Waals surface area contributed by atoms with Gasteiger partial charge in [0.05, 0.1) is 17.4 Å². The summed E-state index contributed by atoms with van der Waals surface area (Å²) in [6, 6.07) is 7.45. The molecule has 0 aliphatic heterocycles. The number of benzene rings is 1. The summed E-state index contributed by atoms with van der Waals surface area (Å²) in [5.74, 6) is 0.547. The maximum absolute atomic E-state index is 12.3. The van der Waals surface area contributed by atoms with Crippen molar-refractivity contribution in [2.75, 3.05) is 6.61 Å². The molecule has 0 amide bonds. The van der Waals surface area contributed by atoms with Crippen molar-refractivity contribution in [3.8, 4) is 0 Å². The lowest BCUT2D eigenvalue weighted by Crippen LogP contribution is -2.20. The minimum Gasteiger partial charge on any atom is -0.498 e. The van der Waals surface area contributed by atoms with Crippen molar-refractivity contribution in [3.63, 3.8) is 0 Å². The van der Waals surface area contributed by atoms with E-state index < -0.39 is 16.0 Å². The maximum atomic E-state index is 12.3. The zero-order valence-corrected chi connectivity index (χ0v) is 11.3. The number of ketones is 1. The van der Waals surface area contributed by atoms with Gasteiger partial charge in [-0.25, -0.2) is 0 Å². The smallest absolute Gasteiger partial charge is 0.175 e. The SMILES string of the molecule is CCOC1=CC(=O)[C@@H]([S@](=O)c2ccc(C)cc2)C1. The Morgan fingerprint density at radius 1 is 1.33 bits per heavy atom. The molecule has 1 aliphatic carbocycles. The second-order valence-electron chi connectivity index (χ2n) is 4.25. The second-order valence-corrected chi connectivity index (χ2v) is 5.88. The summed E-state index contributed by atoms with van der Waals surface area (Å²) < 4.78 is 17.6. The van der Waals surface area contributed by atoms with Crippen molar-refractivity contribution in [3.05, 3.63) is 41.7 Å². The quantitative estimate of drug-likeness (QED) is 0.838. The molecule has 96 valence electrons.